The summed E-state index contributed by atoms with van der Waals surface area (Å²) >= 11 is 0. The molecule has 1 heterocycles. The second-order valence-corrected chi connectivity index (χ2v) is 4.42. The average Bonchev–Trinajstić information content (AvgIpc) is 2.90. The molecule has 5 nitrogen and oxygen atoms in total. The van der Waals surface area contributed by atoms with Crippen LogP contribution in [-0.2, 0) is 4.79 Å². The van der Waals surface area contributed by atoms with E-state index in [4.69, 9.17) is 4.42 Å². The third-order valence-corrected chi connectivity index (χ3v) is 2.87. The van der Waals surface area contributed by atoms with E-state index in [0.29, 0.717) is 18.3 Å². The summed E-state index contributed by atoms with van der Waals surface area (Å²) in [5.74, 6) is 0.645. The fourth-order valence-corrected chi connectivity index (χ4v) is 1.93. The third-order valence-electron chi connectivity index (χ3n) is 2.87. The zero-order chi connectivity index (χ0) is 14.4. The van der Waals surface area contributed by atoms with Crippen LogP contribution in [0.3, 0.4) is 0 Å². The lowest BCUT2D eigenvalue weighted by molar-refractivity contribution is -0.121. The maximum Gasteiger partial charge on any atom is 0.224 e. The molecule has 0 bridgehead atoms. The number of aryl methyl sites for hydroxylation is 1. The second-order valence-electron chi connectivity index (χ2n) is 4.42. The van der Waals surface area contributed by atoms with E-state index in [0.717, 1.165) is 5.56 Å². The van der Waals surface area contributed by atoms with Gasteiger partial charge >= 0.3 is 0 Å². The van der Waals surface area contributed by atoms with E-state index in [2.05, 4.69) is 22.1 Å². The summed E-state index contributed by atoms with van der Waals surface area (Å²) in [5.41, 5.74) is 0.977. The Kier molecular flexibility index (Phi) is 4.65. The number of rotatable bonds is 6. The number of carbonyl (C=O) groups is 1. The Morgan fingerprint density at radius 1 is 1.40 bits per heavy atom. The fourth-order valence-electron chi connectivity index (χ4n) is 1.93. The van der Waals surface area contributed by atoms with Crippen molar-refractivity contribution in [2.45, 2.75) is 19.3 Å². The second kappa shape index (κ2) is 6.65. The maximum absolute atomic E-state index is 11.9. The predicted molar refractivity (Wildman–Crippen MR) is 75.1 cm³/mol. The van der Waals surface area contributed by atoms with E-state index in [1.165, 1.54) is 0 Å². The van der Waals surface area contributed by atoms with Gasteiger partial charge in [-0.05, 0) is 5.56 Å². The van der Waals surface area contributed by atoms with Crippen molar-refractivity contribution < 1.29 is 9.21 Å². The highest BCUT2D eigenvalue weighted by Crippen LogP contribution is 2.26. The Morgan fingerprint density at radius 2 is 2.15 bits per heavy atom. The largest absolute Gasteiger partial charge is 0.425 e. The molecule has 104 valence electrons. The summed E-state index contributed by atoms with van der Waals surface area (Å²) in [5, 5.41) is 10.6. The SMILES string of the molecule is C=CCNC(=O)CC(c1ccccc1)c1nnc(C)o1. The van der Waals surface area contributed by atoms with Gasteiger partial charge in [-0.2, -0.15) is 0 Å². The van der Waals surface area contributed by atoms with Gasteiger partial charge in [-0.3, -0.25) is 4.79 Å². The van der Waals surface area contributed by atoms with E-state index in [-0.39, 0.29) is 18.2 Å². The number of carbonyl (C=O) groups excluding carboxylic acids is 1. The summed E-state index contributed by atoms with van der Waals surface area (Å²) in [4.78, 5) is 11.9. The van der Waals surface area contributed by atoms with Crippen LogP contribution in [0.2, 0.25) is 0 Å². The third kappa shape index (κ3) is 3.54. The molecular formula is C15H17N3O2. The Bertz CT molecular complexity index is 578. The molecule has 1 N–H and O–H groups in total. The van der Waals surface area contributed by atoms with E-state index in [1.54, 1.807) is 13.0 Å². The lowest BCUT2D eigenvalue weighted by atomic mass is 9.95. The minimum absolute atomic E-state index is 0.0744. The summed E-state index contributed by atoms with van der Waals surface area (Å²) in [6, 6.07) is 9.67. The minimum atomic E-state index is -0.234. The first-order valence-electron chi connectivity index (χ1n) is 6.43. The number of aromatic nitrogens is 2. The molecule has 1 amide bonds. The van der Waals surface area contributed by atoms with Crippen molar-refractivity contribution in [3.05, 3.63) is 60.3 Å². The molecule has 0 saturated heterocycles. The fraction of sp³-hybridized carbons (Fsp3) is 0.267. The molecule has 2 rings (SSSR count). The molecule has 0 spiro atoms. The van der Waals surface area contributed by atoms with Crippen LogP contribution in [0.25, 0.3) is 0 Å². The number of hydrogen-bond donors (Lipinski definition) is 1. The smallest absolute Gasteiger partial charge is 0.224 e. The van der Waals surface area contributed by atoms with Crippen LogP contribution in [0, 0.1) is 6.92 Å². The Hall–Kier alpha value is -2.43. The van der Waals surface area contributed by atoms with E-state index < -0.39 is 0 Å². The highest BCUT2D eigenvalue weighted by molar-refractivity contribution is 5.77. The van der Waals surface area contributed by atoms with Gasteiger partial charge in [0.25, 0.3) is 0 Å². The van der Waals surface area contributed by atoms with Crippen molar-refractivity contribution in [3.8, 4) is 0 Å². The molecule has 1 aromatic carbocycles. The van der Waals surface area contributed by atoms with Gasteiger partial charge in [-0.15, -0.1) is 16.8 Å². The Morgan fingerprint density at radius 3 is 2.75 bits per heavy atom. The highest BCUT2D eigenvalue weighted by Gasteiger charge is 2.23. The normalized spacial score (nSPS) is 11.8. The van der Waals surface area contributed by atoms with Gasteiger partial charge in [0.15, 0.2) is 0 Å². The standard InChI is InChI=1S/C15H17N3O2/c1-3-9-16-14(19)10-13(12-7-5-4-6-8-12)15-18-17-11(2)20-15/h3-8,13H,1,9-10H2,2H3,(H,16,19). The number of nitrogens with zero attached hydrogens (tertiary/aromatic N) is 2. The van der Waals surface area contributed by atoms with Crippen molar-refractivity contribution >= 4 is 5.91 Å². The molecular weight excluding hydrogens is 254 g/mol. The van der Waals surface area contributed by atoms with Crippen molar-refractivity contribution in [2.24, 2.45) is 0 Å². The zero-order valence-electron chi connectivity index (χ0n) is 11.4. The molecule has 1 aromatic heterocycles. The number of amides is 1. The van der Waals surface area contributed by atoms with Crippen LogP contribution in [-0.4, -0.2) is 22.6 Å². The van der Waals surface area contributed by atoms with Crippen LogP contribution in [0.15, 0.2) is 47.4 Å². The van der Waals surface area contributed by atoms with E-state index >= 15 is 0 Å². The highest BCUT2D eigenvalue weighted by atomic mass is 16.4. The lowest BCUT2D eigenvalue weighted by Gasteiger charge is -2.13. The zero-order valence-corrected chi connectivity index (χ0v) is 11.4. The first-order chi connectivity index (χ1) is 9.70. The van der Waals surface area contributed by atoms with E-state index in [9.17, 15) is 4.79 Å². The molecule has 0 aliphatic carbocycles. The summed E-state index contributed by atoms with van der Waals surface area (Å²) in [6.45, 7) is 5.76. The number of benzene rings is 1. The minimum Gasteiger partial charge on any atom is -0.425 e. The first-order valence-corrected chi connectivity index (χ1v) is 6.43. The predicted octanol–water partition coefficient (Wildman–Crippen LogP) is 2.20. The molecule has 1 atom stereocenters. The van der Waals surface area contributed by atoms with Gasteiger partial charge in [-0.25, -0.2) is 0 Å². The van der Waals surface area contributed by atoms with E-state index in [1.807, 2.05) is 30.3 Å². The van der Waals surface area contributed by atoms with Crippen LogP contribution >= 0.6 is 0 Å². The molecule has 0 aliphatic rings. The van der Waals surface area contributed by atoms with Crippen LogP contribution in [0.4, 0.5) is 0 Å². The molecule has 0 aliphatic heterocycles. The molecule has 0 radical (unpaired) electrons. The summed E-state index contributed by atoms with van der Waals surface area (Å²) < 4.78 is 5.48. The van der Waals surface area contributed by atoms with Gasteiger partial charge in [0.05, 0.1) is 5.92 Å². The molecule has 0 saturated carbocycles. The van der Waals surface area contributed by atoms with Gasteiger partial charge < -0.3 is 9.73 Å². The average molecular weight is 271 g/mol. The van der Waals surface area contributed by atoms with Crippen molar-refractivity contribution in [1.29, 1.82) is 0 Å². The van der Waals surface area contributed by atoms with Crippen LogP contribution in [0.1, 0.15) is 29.7 Å². The molecule has 1 unspecified atom stereocenters. The number of nitrogens with one attached hydrogen (secondary N) is 1. The monoisotopic (exact) mass is 271 g/mol. The summed E-state index contributed by atoms with van der Waals surface area (Å²) in [7, 11) is 0. The topological polar surface area (TPSA) is 68.0 Å². The number of hydrogen-bond acceptors (Lipinski definition) is 4. The molecule has 0 fully saturated rings. The van der Waals surface area contributed by atoms with Crippen molar-refractivity contribution in [1.82, 2.24) is 15.5 Å². The Labute approximate surface area is 117 Å². The van der Waals surface area contributed by atoms with Crippen molar-refractivity contribution in [3.63, 3.8) is 0 Å². The lowest BCUT2D eigenvalue weighted by Crippen LogP contribution is -2.25. The quantitative estimate of drug-likeness (QED) is 0.818. The van der Waals surface area contributed by atoms with Gasteiger partial charge in [0, 0.05) is 19.9 Å². The van der Waals surface area contributed by atoms with Gasteiger partial charge in [-0.1, -0.05) is 36.4 Å². The molecule has 2 aromatic rings. The van der Waals surface area contributed by atoms with Crippen LogP contribution < -0.4 is 5.32 Å². The molecule has 5 heteroatoms. The van der Waals surface area contributed by atoms with Gasteiger partial charge in [0.1, 0.15) is 0 Å². The first kappa shape index (κ1) is 14.0. The Balaban J connectivity index is 2.21. The van der Waals surface area contributed by atoms with Crippen molar-refractivity contribution in [2.75, 3.05) is 6.54 Å². The molecule has 20 heavy (non-hydrogen) atoms. The summed E-state index contributed by atoms with van der Waals surface area (Å²) in [6.07, 6.45) is 1.91. The maximum atomic E-state index is 11.9. The van der Waals surface area contributed by atoms with Gasteiger partial charge in [0.2, 0.25) is 17.7 Å². The van der Waals surface area contributed by atoms with Crippen LogP contribution in [0.5, 0.6) is 0 Å².